The Kier molecular flexibility index (Phi) is 6.86. The van der Waals surface area contributed by atoms with Gasteiger partial charge in [0.25, 0.3) is 0 Å². The smallest absolute Gasteiger partial charge is 0.163 e. The highest BCUT2D eigenvalue weighted by atomic mass is 79.9. The maximum absolute atomic E-state index is 9.68. The summed E-state index contributed by atoms with van der Waals surface area (Å²) in [6, 6.07) is 12.2. The van der Waals surface area contributed by atoms with Crippen molar-refractivity contribution in [3.63, 3.8) is 0 Å². The van der Waals surface area contributed by atoms with Crippen molar-refractivity contribution in [1.29, 1.82) is 5.26 Å². The molecule has 0 bridgehead atoms. The second-order valence-corrected chi connectivity index (χ2v) is 11.2. The van der Waals surface area contributed by atoms with Crippen LogP contribution in [0.25, 0.3) is 5.52 Å². The molecule has 1 aromatic carbocycles. The van der Waals surface area contributed by atoms with Crippen LogP contribution in [-0.2, 0) is 0 Å². The zero-order valence-electron chi connectivity index (χ0n) is 20.7. The van der Waals surface area contributed by atoms with Crippen molar-refractivity contribution in [3.05, 3.63) is 69.5 Å². The quantitative estimate of drug-likeness (QED) is 0.220. The van der Waals surface area contributed by atoms with Gasteiger partial charge in [0.2, 0.25) is 0 Å². The molecule has 5 rings (SSSR count). The molecule has 10 nitrogen and oxygen atoms in total. The number of hydrogen-bond acceptors (Lipinski definition) is 8. The maximum Gasteiger partial charge on any atom is 0.163 e. The lowest BCUT2D eigenvalue weighted by Crippen LogP contribution is -2.52. The van der Waals surface area contributed by atoms with Gasteiger partial charge in [-0.05, 0) is 52.7 Å². The van der Waals surface area contributed by atoms with Crippen molar-refractivity contribution in [1.82, 2.24) is 19.8 Å². The van der Waals surface area contributed by atoms with E-state index in [-0.39, 0.29) is 23.0 Å². The lowest BCUT2D eigenvalue weighted by atomic mass is 9.78. The number of halogens is 2. The number of aromatic hydroxyl groups is 1. The van der Waals surface area contributed by atoms with Crippen LogP contribution in [-0.4, -0.2) is 49.9 Å². The molecule has 0 saturated carbocycles. The van der Waals surface area contributed by atoms with Gasteiger partial charge in [-0.1, -0.05) is 25.4 Å². The molecule has 38 heavy (non-hydrogen) atoms. The summed E-state index contributed by atoms with van der Waals surface area (Å²) in [5.74, 6) is 1.05. The summed E-state index contributed by atoms with van der Waals surface area (Å²) in [6.07, 6.45) is 4.39. The number of benzene rings is 1. The Morgan fingerprint density at radius 1 is 1.29 bits per heavy atom. The Morgan fingerprint density at radius 3 is 2.79 bits per heavy atom. The highest BCUT2D eigenvalue weighted by Crippen LogP contribution is 2.36. The molecule has 1 atom stereocenters. The molecule has 1 aliphatic heterocycles. The van der Waals surface area contributed by atoms with Gasteiger partial charge in [0.05, 0.1) is 33.7 Å². The minimum Gasteiger partial charge on any atom is -0.508 e. The second-order valence-electron chi connectivity index (χ2n) is 9.84. The van der Waals surface area contributed by atoms with E-state index >= 15 is 0 Å². The van der Waals surface area contributed by atoms with Crippen molar-refractivity contribution >= 4 is 56.1 Å². The summed E-state index contributed by atoms with van der Waals surface area (Å²) in [7, 11) is 0. The number of aromatic nitrogens is 4. The first-order valence-electron chi connectivity index (χ1n) is 11.9. The largest absolute Gasteiger partial charge is 0.508 e. The first-order valence-corrected chi connectivity index (χ1v) is 13.1. The molecule has 1 unspecified atom stereocenters. The van der Waals surface area contributed by atoms with Crippen molar-refractivity contribution in [2.24, 2.45) is 16.1 Å². The third-order valence-electron chi connectivity index (χ3n) is 6.69. The van der Waals surface area contributed by atoms with Gasteiger partial charge in [0, 0.05) is 41.3 Å². The molecule has 3 aromatic heterocycles. The number of hydrogen-bond donors (Lipinski definition) is 3. The lowest BCUT2D eigenvalue weighted by Gasteiger charge is -2.45. The van der Waals surface area contributed by atoms with Crippen molar-refractivity contribution in [3.8, 4) is 11.8 Å². The Bertz CT molecular complexity index is 1580. The molecule has 1 aliphatic rings. The lowest BCUT2D eigenvalue weighted by molar-refractivity contribution is 0.260. The van der Waals surface area contributed by atoms with Crippen molar-refractivity contribution in [2.75, 3.05) is 23.3 Å². The third kappa shape index (κ3) is 5.10. The van der Waals surface area contributed by atoms with Crippen LogP contribution >= 0.6 is 27.5 Å². The monoisotopic (exact) mass is 593 g/mol. The van der Waals surface area contributed by atoms with E-state index < -0.39 is 0 Å². The highest BCUT2D eigenvalue weighted by molar-refractivity contribution is 9.10. The van der Waals surface area contributed by atoms with Gasteiger partial charge < -0.3 is 21.1 Å². The molecule has 0 amide bonds. The fourth-order valence-electron chi connectivity index (χ4n) is 4.70. The molecule has 4 N–H and O–H groups in total. The molecule has 4 aromatic rings. The van der Waals surface area contributed by atoms with E-state index in [9.17, 15) is 5.11 Å². The van der Waals surface area contributed by atoms with E-state index in [0.29, 0.717) is 22.0 Å². The van der Waals surface area contributed by atoms with E-state index in [2.05, 4.69) is 60.3 Å². The van der Waals surface area contributed by atoms with Gasteiger partial charge in [0.15, 0.2) is 11.5 Å². The first kappa shape index (κ1) is 25.8. The number of nitrogens with zero attached hydrogens (tertiary/aromatic N) is 7. The van der Waals surface area contributed by atoms with Crippen LogP contribution in [0.15, 0.2) is 58.3 Å². The standard InChI is InChI=1S/C26H25BrClN9O/c1-26(2)14-36(23-6-3-16(11-29)34-35-23)8-7-22(26)33-24-18(12-31-37-13-15(27)9-21(24)37)25(30)32-20-5-4-17(38)10-19(20)28/h3-6,9-10,12-13,22,33,38H,7-8,14H2,1-2H3,(H2,30,32). The van der Waals surface area contributed by atoms with E-state index in [0.717, 1.165) is 41.0 Å². The maximum atomic E-state index is 9.68. The minimum atomic E-state index is -0.165. The zero-order valence-corrected chi connectivity index (χ0v) is 23.1. The number of fused-ring (bicyclic) bond motifs is 1. The number of amidine groups is 1. The van der Waals surface area contributed by atoms with Crippen LogP contribution in [0.2, 0.25) is 5.02 Å². The average Bonchev–Trinajstić information content (AvgIpc) is 3.27. The van der Waals surface area contributed by atoms with E-state index in [1.165, 1.54) is 12.1 Å². The Morgan fingerprint density at radius 2 is 2.11 bits per heavy atom. The van der Waals surface area contributed by atoms with Crippen LogP contribution < -0.4 is 16.0 Å². The number of phenolic OH excluding ortho intramolecular Hbond substituents is 1. The molecular weight excluding hydrogens is 570 g/mol. The molecular formula is C26H25BrClN9O. The number of piperidine rings is 1. The van der Waals surface area contributed by atoms with Crippen LogP contribution in [0.5, 0.6) is 5.75 Å². The van der Waals surface area contributed by atoms with E-state index in [4.69, 9.17) is 22.6 Å². The number of nitrogens with two attached hydrogens (primary N) is 1. The second kappa shape index (κ2) is 10.1. The molecule has 0 radical (unpaired) electrons. The normalized spacial score (nSPS) is 17.4. The molecule has 1 saturated heterocycles. The van der Waals surface area contributed by atoms with Crippen LogP contribution in [0.4, 0.5) is 17.2 Å². The molecule has 0 aliphatic carbocycles. The van der Waals surface area contributed by atoms with Gasteiger partial charge >= 0.3 is 0 Å². The van der Waals surface area contributed by atoms with E-state index in [1.54, 1.807) is 22.8 Å². The molecule has 194 valence electrons. The van der Waals surface area contributed by atoms with Crippen LogP contribution in [0.1, 0.15) is 31.5 Å². The van der Waals surface area contributed by atoms with Crippen LogP contribution in [0.3, 0.4) is 0 Å². The van der Waals surface area contributed by atoms with Crippen LogP contribution in [0, 0.1) is 16.7 Å². The summed E-state index contributed by atoms with van der Waals surface area (Å²) in [4.78, 5) is 6.73. The molecule has 1 fully saturated rings. The van der Waals surface area contributed by atoms with Crippen molar-refractivity contribution < 1.29 is 5.11 Å². The number of nitriles is 1. The minimum absolute atomic E-state index is 0.0524. The number of phenols is 1. The zero-order chi connectivity index (χ0) is 27.0. The van der Waals surface area contributed by atoms with E-state index in [1.807, 2.05) is 24.4 Å². The first-order chi connectivity index (χ1) is 18.1. The summed E-state index contributed by atoms with van der Waals surface area (Å²) >= 11 is 9.83. The summed E-state index contributed by atoms with van der Waals surface area (Å²) in [6.45, 7) is 5.90. The average molecular weight is 595 g/mol. The number of nitrogens with one attached hydrogen (secondary N) is 1. The van der Waals surface area contributed by atoms with Gasteiger partial charge in [0.1, 0.15) is 17.7 Å². The van der Waals surface area contributed by atoms with Gasteiger partial charge in [-0.25, -0.2) is 9.51 Å². The van der Waals surface area contributed by atoms with Gasteiger partial charge in [-0.2, -0.15) is 10.4 Å². The predicted molar refractivity (Wildman–Crippen MR) is 151 cm³/mol. The Hall–Kier alpha value is -3.88. The molecule has 12 heteroatoms. The topological polar surface area (TPSA) is 141 Å². The third-order valence-corrected chi connectivity index (χ3v) is 7.43. The fraction of sp³-hybridized carbons (Fsp3) is 0.269. The van der Waals surface area contributed by atoms with Gasteiger partial charge in [-0.15, -0.1) is 10.2 Å². The van der Waals surface area contributed by atoms with Crippen molar-refractivity contribution in [2.45, 2.75) is 26.3 Å². The highest BCUT2D eigenvalue weighted by Gasteiger charge is 2.37. The SMILES string of the molecule is CC1(C)CN(c2ccc(C#N)nn2)CCC1Nc1c(C(N)=Nc2ccc(O)cc2Cl)cnn2cc(Br)cc12. The number of rotatable bonds is 5. The summed E-state index contributed by atoms with van der Waals surface area (Å²) < 4.78 is 2.67. The predicted octanol–water partition coefficient (Wildman–Crippen LogP) is 4.87. The summed E-state index contributed by atoms with van der Waals surface area (Å²) in [5.41, 5.74) is 9.39. The summed E-state index contributed by atoms with van der Waals surface area (Å²) in [5, 5.41) is 35.5. The molecule has 4 heterocycles. The molecule has 0 spiro atoms. The number of anilines is 2. The number of aliphatic imine (C=N–C) groups is 1. The Labute approximate surface area is 232 Å². The van der Waals surface area contributed by atoms with Gasteiger partial charge in [-0.3, -0.25) is 0 Å². The fourth-order valence-corrected chi connectivity index (χ4v) is 5.32. The Balaban J connectivity index is 1.48.